The third-order valence-electron chi connectivity index (χ3n) is 0.248. The number of hydrogen-bond donors (Lipinski definition) is 1. The van der Waals surface area contributed by atoms with Crippen molar-refractivity contribution in [2.24, 2.45) is 4.47 Å². The Bertz CT molecular complexity index is 141. The minimum atomic E-state index is -4.30. The van der Waals surface area contributed by atoms with E-state index in [4.69, 9.17) is 0 Å². The zero-order chi connectivity index (χ0) is 8.04. The van der Waals surface area contributed by atoms with Gasteiger partial charge in [0, 0.05) is 21.8 Å². The molecule has 0 aliphatic rings. The Morgan fingerprint density at radius 3 is 2.40 bits per heavy atom. The molecule has 10 heavy (non-hydrogen) atoms. The molecule has 0 aromatic carbocycles. The molecule has 0 radical (unpaired) electrons. The lowest BCUT2D eigenvalue weighted by Crippen LogP contribution is -1.99. The second kappa shape index (κ2) is 4.99. The highest BCUT2D eigenvalue weighted by atomic mass is 33.1. The van der Waals surface area contributed by atoms with Gasteiger partial charge in [-0.3, -0.25) is 0 Å². The molecule has 3 nitrogen and oxygen atoms in total. The van der Waals surface area contributed by atoms with Gasteiger partial charge in [0.2, 0.25) is 11.5 Å². The molecule has 1 N–H and O–H groups in total. The molecule has 0 atom stereocenters. The average Bonchev–Trinajstić information content (AvgIpc) is 1.78. The van der Waals surface area contributed by atoms with Crippen LogP contribution in [0.1, 0.15) is 0 Å². The Morgan fingerprint density at radius 2 is 2.00 bits per heavy atom. The van der Waals surface area contributed by atoms with E-state index in [0.29, 0.717) is 0 Å². The van der Waals surface area contributed by atoms with Crippen LogP contribution in [-0.4, -0.2) is 9.72 Å². The zero-order valence-electron chi connectivity index (χ0n) is 4.21. The van der Waals surface area contributed by atoms with Crippen LogP contribution in [0.25, 0.3) is 0 Å². The molecule has 9 heteroatoms. The topological polar surface area (TPSA) is 41.5 Å². The highest BCUT2D eigenvalue weighted by Gasteiger charge is 2.28. The fourth-order valence-corrected chi connectivity index (χ4v) is 1.14. The lowest BCUT2D eigenvalue weighted by molar-refractivity contribution is -0.0311. The van der Waals surface area contributed by atoms with Gasteiger partial charge in [-0.15, -0.1) is 4.83 Å². The van der Waals surface area contributed by atoms with Gasteiger partial charge in [-0.05, 0) is 0 Å². The van der Waals surface area contributed by atoms with Crippen molar-refractivity contribution in [2.75, 3.05) is 0 Å². The average molecular weight is 210 g/mol. The summed E-state index contributed by atoms with van der Waals surface area (Å²) in [5.41, 5.74) is -4.30. The molecule has 0 amide bonds. The molecule has 0 saturated carbocycles. The number of rotatable bonds is 3. The summed E-state index contributed by atoms with van der Waals surface area (Å²) in [6.07, 6.45) is 0. The summed E-state index contributed by atoms with van der Waals surface area (Å²) in [4.78, 5) is 1.83. The van der Waals surface area contributed by atoms with Gasteiger partial charge in [-0.2, -0.15) is 17.4 Å². The van der Waals surface area contributed by atoms with Crippen molar-refractivity contribution in [3.63, 3.8) is 0 Å². The predicted octanol–water partition coefficient (Wildman–Crippen LogP) is 1.70. The van der Waals surface area contributed by atoms with Crippen LogP contribution in [0.15, 0.2) is 4.47 Å². The quantitative estimate of drug-likeness (QED) is 0.333. The van der Waals surface area contributed by atoms with Crippen LogP contribution in [0.5, 0.6) is 0 Å². The fourth-order valence-electron chi connectivity index (χ4n) is 0.0963. The molecule has 0 bridgehead atoms. The molecule has 0 aromatic heterocycles. The van der Waals surface area contributed by atoms with Gasteiger partial charge >= 0.3 is 5.51 Å². The number of alkyl halides is 3. The van der Waals surface area contributed by atoms with Gasteiger partial charge in [0.15, 0.2) is 0 Å². The Kier molecular flexibility index (Phi) is 5.13. The van der Waals surface area contributed by atoms with Crippen molar-refractivity contribution >= 4 is 33.2 Å². The van der Waals surface area contributed by atoms with Gasteiger partial charge in [0.05, 0.1) is 0 Å². The SMILES string of the molecule is O=S=NNSSC(F)(F)F. The Balaban J connectivity index is 3.28. The normalized spacial score (nSPS) is 11.1. The molecule has 0 saturated heterocycles. The van der Waals surface area contributed by atoms with E-state index in [0.717, 1.165) is 0 Å². The summed E-state index contributed by atoms with van der Waals surface area (Å²) in [6, 6.07) is 0. The number of nitrogens with zero attached hydrogens (tertiary/aromatic N) is 1. The first-order chi connectivity index (χ1) is 4.56. The molecule has 0 aliphatic carbocycles. The third kappa shape index (κ3) is 8.27. The van der Waals surface area contributed by atoms with E-state index in [9.17, 15) is 17.4 Å². The van der Waals surface area contributed by atoms with E-state index in [1.165, 1.54) is 0 Å². The summed E-state index contributed by atoms with van der Waals surface area (Å²) in [6.45, 7) is 0. The van der Waals surface area contributed by atoms with Crippen LogP contribution >= 0.6 is 21.8 Å². The first-order valence-corrected chi connectivity index (χ1v) is 4.56. The Morgan fingerprint density at radius 1 is 1.40 bits per heavy atom. The maximum absolute atomic E-state index is 11.3. The van der Waals surface area contributed by atoms with Gasteiger partial charge in [-0.1, -0.05) is 4.47 Å². The van der Waals surface area contributed by atoms with E-state index < -0.39 is 5.51 Å². The maximum atomic E-state index is 11.3. The highest BCUT2D eigenvalue weighted by molar-refractivity contribution is 8.76. The standard InChI is InChI=1S/CHF3N2OS3/c2-1(3,4)8-10-6-5-9-7/h6H. The molecule has 60 valence electrons. The fraction of sp³-hybridized carbons (Fsp3) is 1.00. The van der Waals surface area contributed by atoms with E-state index in [2.05, 4.69) is 4.47 Å². The van der Waals surface area contributed by atoms with Crippen molar-refractivity contribution in [3.8, 4) is 0 Å². The summed E-state index contributed by atoms with van der Waals surface area (Å²) in [7, 11) is -0.128. The number of hydrogen-bond acceptors (Lipinski definition) is 4. The van der Waals surface area contributed by atoms with Crippen LogP contribution in [0.2, 0.25) is 0 Å². The summed E-state index contributed by atoms with van der Waals surface area (Å²) in [5, 5.41) is 0. The van der Waals surface area contributed by atoms with Crippen molar-refractivity contribution < 1.29 is 17.4 Å². The lowest BCUT2D eigenvalue weighted by atomic mass is 11.6. The van der Waals surface area contributed by atoms with Crippen molar-refractivity contribution in [2.45, 2.75) is 5.51 Å². The maximum Gasteiger partial charge on any atom is 0.453 e. The monoisotopic (exact) mass is 210 g/mol. The Labute approximate surface area is 65.9 Å². The molecule has 0 unspecified atom stereocenters. The van der Waals surface area contributed by atoms with E-state index in [-0.39, 0.29) is 33.2 Å². The molecule has 0 aliphatic heterocycles. The zero-order valence-corrected chi connectivity index (χ0v) is 6.66. The number of halogens is 3. The third-order valence-corrected chi connectivity index (χ3v) is 2.01. The van der Waals surface area contributed by atoms with Gasteiger partial charge in [0.1, 0.15) is 0 Å². The molecule has 0 heterocycles. The van der Waals surface area contributed by atoms with Gasteiger partial charge < -0.3 is 0 Å². The van der Waals surface area contributed by atoms with Gasteiger partial charge in [0.25, 0.3) is 0 Å². The van der Waals surface area contributed by atoms with E-state index in [1.807, 2.05) is 4.83 Å². The van der Waals surface area contributed by atoms with Crippen LogP contribution in [0.4, 0.5) is 13.2 Å². The summed E-state index contributed by atoms with van der Waals surface area (Å²) in [5.74, 6) is 0. The molecule has 0 aromatic rings. The first kappa shape index (κ1) is 10.3. The van der Waals surface area contributed by atoms with E-state index >= 15 is 0 Å². The van der Waals surface area contributed by atoms with Crippen molar-refractivity contribution in [1.29, 1.82) is 0 Å². The van der Waals surface area contributed by atoms with Crippen LogP contribution in [-0.2, 0) is 11.5 Å². The smallest absolute Gasteiger partial charge is 0.190 e. The second-order valence-electron chi connectivity index (χ2n) is 0.870. The Hall–Kier alpha value is 0.270. The minimum Gasteiger partial charge on any atom is -0.190 e. The van der Waals surface area contributed by atoms with Crippen LogP contribution in [0.3, 0.4) is 0 Å². The molecule has 0 spiro atoms. The van der Waals surface area contributed by atoms with Gasteiger partial charge in [-0.25, -0.2) is 0 Å². The summed E-state index contributed by atoms with van der Waals surface area (Å²) >= 11 is -0.185. The molecule has 0 rings (SSSR count). The predicted molar refractivity (Wildman–Crippen MR) is 34.9 cm³/mol. The van der Waals surface area contributed by atoms with Crippen molar-refractivity contribution in [1.82, 2.24) is 4.83 Å². The molecular formula is CHF3N2OS3. The second-order valence-corrected chi connectivity index (χ2v) is 3.18. The summed E-state index contributed by atoms with van der Waals surface area (Å²) < 4.78 is 46.0. The molecule has 0 fully saturated rings. The molecular weight excluding hydrogens is 209 g/mol. The lowest BCUT2D eigenvalue weighted by Gasteiger charge is -2.00. The van der Waals surface area contributed by atoms with Crippen LogP contribution in [0, 0.1) is 0 Å². The van der Waals surface area contributed by atoms with Crippen molar-refractivity contribution in [3.05, 3.63) is 0 Å². The largest absolute Gasteiger partial charge is 0.453 e. The minimum absolute atomic E-state index is 0.185. The van der Waals surface area contributed by atoms with E-state index in [1.54, 1.807) is 0 Å². The first-order valence-electron chi connectivity index (χ1n) is 1.71. The highest BCUT2D eigenvalue weighted by Crippen LogP contribution is 2.37. The van der Waals surface area contributed by atoms with Crippen LogP contribution < -0.4 is 4.83 Å². The number of nitrogens with one attached hydrogen (secondary N) is 1.